The van der Waals surface area contributed by atoms with E-state index < -0.39 is 33.4 Å². The predicted octanol–water partition coefficient (Wildman–Crippen LogP) is 5.84. The van der Waals surface area contributed by atoms with Gasteiger partial charge in [-0.25, -0.2) is 0 Å². The highest BCUT2D eigenvalue weighted by molar-refractivity contribution is 8.02. The fourth-order valence-electron chi connectivity index (χ4n) is 8.37. The summed E-state index contributed by atoms with van der Waals surface area (Å²) < 4.78 is 3.89. The van der Waals surface area contributed by atoms with E-state index in [4.69, 9.17) is 4.74 Å². The van der Waals surface area contributed by atoms with E-state index in [1.807, 2.05) is 98.8 Å². The van der Waals surface area contributed by atoms with Gasteiger partial charge in [-0.3, -0.25) is 14.4 Å². The molecule has 9 heteroatoms. The van der Waals surface area contributed by atoms with E-state index >= 15 is 9.59 Å². The molecule has 3 aromatic rings. The second kappa shape index (κ2) is 12.4. The normalized spacial score (nSPS) is 28.8. The Morgan fingerprint density at radius 2 is 1.52 bits per heavy atom. The number of ether oxygens (including phenoxy) is 1. The average molecular weight is 666 g/mol. The largest absolute Gasteiger partial charge is 0.494 e. The fraction of sp³-hybridized carbons (Fsp3) is 0.410. The Balaban J connectivity index is 1.33. The number of fused-ring (bicyclic) bond motifs is 3. The number of benzene rings is 3. The van der Waals surface area contributed by atoms with Crippen LogP contribution < -0.4 is 14.5 Å². The van der Waals surface area contributed by atoms with E-state index in [0.29, 0.717) is 26.1 Å². The standard InChI is InChI=1S/C39H43N3O5S/c1-5-47-31-16-14-28(15-17-31)40-20-8-18-38(4)32(35(40)44)33-36(45)42(30(24-43)22-25(2)3)34-37(46)41(21-9-19-39(33,34)48-38)29-13-12-26-10-6-7-11-27(26)23-29/h6-19,23,25,30,32-34,43H,5,20-22,24H2,1-4H3/t30-,32-,33+,34?,38+,39+/m1/s1. The van der Waals surface area contributed by atoms with Crippen LogP contribution in [0.1, 0.15) is 34.1 Å². The molecule has 4 aliphatic rings. The lowest BCUT2D eigenvalue weighted by Gasteiger charge is -2.40. The van der Waals surface area contributed by atoms with Crippen molar-refractivity contribution >= 4 is 51.6 Å². The summed E-state index contributed by atoms with van der Waals surface area (Å²) in [6.45, 7) is 9.04. The van der Waals surface area contributed by atoms with Crippen molar-refractivity contribution < 1.29 is 24.2 Å². The van der Waals surface area contributed by atoms with Crippen LogP contribution in [-0.4, -0.2) is 75.6 Å². The van der Waals surface area contributed by atoms with Crippen LogP contribution >= 0.6 is 11.8 Å². The van der Waals surface area contributed by atoms with Gasteiger partial charge in [0, 0.05) is 29.2 Å². The molecule has 4 heterocycles. The maximum absolute atomic E-state index is 15.1. The Kier molecular flexibility index (Phi) is 8.40. The summed E-state index contributed by atoms with van der Waals surface area (Å²) in [4.78, 5) is 50.0. The van der Waals surface area contributed by atoms with Crippen molar-refractivity contribution in [3.8, 4) is 5.75 Å². The quantitative estimate of drug-likeness (QED) is 0.304. The molecule has 3 aromatic carbocycles. The van der Waals surface area contributed by atoms with Crippen molar-refractivity contribution in [1.29, 1.82) is 0 Å². The number of carbonyl (C=O) groups excluding carboxylic acids is 3. The molecule has 2 saturated heterocycles. The number of hydrogen-bond donors (Lipinski definition) is 1. The van der Waals surface area contributed by atoms with Gasteiger partial charge in [-0.1, -0.05) is 68.5 Å². The lowest BCUT2D eigenvalue weighted by Crippen LogP contribution is -2.57. The second-order valence-electron chi connectivity index (χ2n) is 13.9. The van der Waals surface area contributed by atoms with Crippen molar-refractivity contribution in [3.05, 3.63) is 91.0 Å². The minimum atomic E-state index is -1.01. The molecular formula is C39H43N3O5S. The number of likely N-dealkylation sites (tertiary alicyclic amines) is 1. The van der Waals surface area contributed by atoms with Gasteiger partial charge >= 0.3 is 0 Å². The molecular weight excluding hydrogens is 623 g/mol. The molecule has 2 fully saturated rings. The van der Waals surface area contributed by atoms with E-state index in [1.54, 1.807) is 26.5 Å². The second-order valence-corrected chi connectivity index (χ2v) is 15.7. The van der Waals surface area contributed by atoms with Crippen LogP contribution in [0.2, 0.25) is 0 Å². The van der Waals surface area contributed by atoms with Gasteiger partial charge in [0.15, 0.2) is 0 Å². The topological polar surface area (TPSA) is 90.4 Å². The van der Waals surface area contributed by atoms with Crippen molar-refractivity contribution in [1.82, 2.24) is 4.90 Å². The summed E-state index contributed by atoms with van der Waals surface area (Å²) in [5.41, 5.74) is 1.48. The smallest absolute Gasteiger partial charge is 0.251 e. The summed E-state index contributed by atoms with van der Waals surface area (Å²) >= 11 is 1.56. The highest BCUT2D eigenvalue weighted by atomic mass is 32.2. The van der Waals surface area contributed by atoms with Gasteiger partial charge in [0.25, 0.3) is 5.91 Å². The molecule has 48 heavy (non-hydrogen) atoms. The van der Waals surface area contributed by atoms with Crippen molar-refractivity contribution in [3.63, 3.8) is 0 Å². The minimum Gasteiger partial charge on any atom is -0.494 e. The fourth-order valence-corrected chi connectivity index (χ4v) is 10.5. The highest BCUT2D eigenvalue weighted by Crippen LogP contribution is 2.66. The third kappa shape index (κ3) is 5.13. The maximum Gasteiger partial charge on any atom is 0.251 e. The van der Waals surface area contributed by atoms with Gasteiger partial charge in [-0.2, -0.15) is 0 Å². The van der Waals surface area contributed by atoms with Gasteiger partial charge in [-0.05, 0) is 73.4 Å². The summed E-state index contributed by atoms with van der Waals surface area (Å²) in [6, 6.07) is 20.0. The SMILES string of the molecule is CCOc1ccc(N2CC=C[C@]3(C)S[C@]45C=CCN(c6ccc7ccccc7c6)C(=O)C4N([C@@H](CO)CC(C)C)C(=O)[C@@H]5[C@@H]3C2=O)cc1. The van der Waals surface area contributed by atoms with Gasteiger partial charge < -0.3 is 24.5 Å². The van der Waals surface area contributed by atoms with Crippen molar-refractivity contribution in [2.45, 2.75) is 55.7 Å². The van der Waals surface area contributed by atoms with Gasteiger partial charge in [0.2, 0.25) is 11.8 Å². The van der Waals surface area contributed by atoms with E-state index in [1.165, 1.54) is 0 Å². The number of carbonyl (C=O) groups is 3. The molecule has 0 saturated carbocycles. The molecule has 4 aliphatic heterocycles. The summed E-state index contributed by atoms with van der Waals surface area (Å²) in [5, 5.41) is 12.8. The van der Waals surface area contributed by atoms with E-state index in [0.717, 1.165) is 27.9 Å². The number of anilines is 2. The van der Waals surface area contributed by atoms with Crippen molar-refractivity contribution in [2.75, 3.05) is 36.1 Å². The Morgan fingerprint density at radius 1 is 0.854 bits per heavy atom. The van der Waals surface area contributed by atoms with Crippen LogP contribution in [0.5, 0.6) is 5.75 Å². The Hall–Kier alpha value is -4.08. The molecule has 8 nitrogen and oxygen atoms in total. The molecule has 7 rings (SSSR count). The first-order valence-corrected chi connectivity index (χ1v) is 17.8. The van der Waals surface area contributed by atoms with Crippen LogP contribution in [0.25, 0.3) is 10.8 Å². The number of aliphatic hydroxyl groups excluding tert-OH is 1. The first-order valence-electron chi connectivity index (χ1n) is 16.9. The minimum absolute atomic E-state index is 0.143. The van der Waals surface area contributed by atoms with Crippen LogP contribution in [0.4, 0.5) is 11.4 Å². The molecule has 1 N–H and O–H groups in total. The molecule has 1 unspecified atom stereocenters. The third-order valence-corrected chi connectivity index (χ3v) is 12.1. The van der Waals surface area contributed by atoms with Crippen LogP contribution in [0.3, 0.4) is 0 Å². The zero-order valence-corrected chi connectivity index (χ0v) is 28.7. The first kappa shape index (κ1) is 32.5. The van der Waals surface area contributed by atoms with Gasteiger partial charge in [0.05, 0.1) is 35.8 Å². The molecule has 3 amide bonds. The molecule has 1 spiro atoms. The molecule has 0 bridgehead atoms. The number of nitrogens with zero attached hydrogens (tertiary/aromatic N) is 3. The molecule has 0 radical (unpaired) electrons. The van der Waals surface area contributed by atoms with Crippen molar-refractivity contribution in [2.24, 2.45) is 17.8 Å². The predicted molar refractivity (Wildman–Crippen MR) is 191 cm³/mol. The zero-order valence-electron chi connectivity index (χ0n) is 27.9. The number of amides is 3. The number of thioether (sulfide) groups is 1. The van der Waals surface area contributed by atoms with E-state index in [-0.39, 0.29) is 30.2 Å². The maximum atomic E-state index is 15.1. The third-order valence-electron chi connectivity index (χ3n) is 10.3. The van der Waals surface area contributed by atoms with E-state index in [2.05, 4.69) is 19.9 Å². The van der Waals surface area contributed by atoms with Crippen LogP contribution in [-0.2, 0) is 14.4 Å². The highest BCUT2D eigenvalue weighted by Gasteiger charge is 2.74. The monoisotopic (exact) mass is 665 g/mol. The van der Waals surface area contributed by atoms with Gasteiger partial charge in [0.1, 0.15) is 11.8 Å². The molecule has 0 aliphatic carbocycles. The molecule has 0 aromatic heterocycles. The summed E-state index contributed by atoms with van der Waals surface area (Å²) in [7, 11) is 0. The number of aliphatic hydroxyl groups is 1. The first-order chi connectivity index (χ1) is 23.1. The lowest BCUT2D eigenvalue weighted by molar-refractivity contribution is -0.142. The van der Waals surface area contributed by atoms with Crippen LogP contribution in [0, 0.1) is 17.8 Å². The zero-order chi connectivity index (χ0) is 33.8. The summed E-state index contributed by atoms with van der Waals surface area (Å²) in [6.07, 6.45) is 8.64. The molecule has 250 valence electrons. The Labute approximate surface area is 286 Å². The van der Waals surface area contributed by atoms with E-state index in [9.17, 15) is 9.90 Å². The number of hydrogen-bond acceptors (Lipinski definition) is 6. The van der Waals surface area contributed by atoms with Gasteiger partial charge in [-0.15, -0.1) is 11.8 Å². The van der Waals surface area contributed by atoms with Crippen LogP contribution in [0.15, 0.2) is 91.0 Å². The Morgan fingerprint density at radius 3 is 2.21 bits per heavy atom. The lowest BCUT2D eigenvalue weighted by atomic mass is 9.74. The Bertz CT molecular complexity index is 1810. The average Bonchev–Trinajstić information content (AvgIpc) is 3.35. The molecule has 6 atom stereocenters. The number of rotatable bonds is 8. The summed E-state index contributed by atoms with van der Waals surface area (Å²) in [5.74, 6) is -1.20.